The molecule has 0 bridgehead atoms. The Balaban J connectivity index is 0.000000270. The number of nitrogens with two attached hydrogens (primary N) is 1. The number of rotatable bonds is 2. The molecule has 8 aromatic carbocycles. The van der Waals surface area contributed by atoms with Crippen LogP contribution in [-0.4, -0.2) is 0 Å². The Bertz CT molecular complexity index is 2770. The number of hydrogen-bond donors (Lipinski definition) is 1. The predicted molar refractivity (Wildman–Crippen MR) is 222 cm³/mol. The average molecular weight is 652 g/mol. The van der Waals surface area contributed by atoms with Gasteiger partial charge in [-0.15, -0.1) is 0 Å². The summed E-state index contributed by atoms with van der Waals surface area (Å²) in [6.07, 6.45) is 18.8. The van der Waals surface area contributed by atoms with E-state index in [9.17, 15) is 0 Å². The van der Waals surface area contributed by atoms with Crippen LogP contribution in [0.5, 0.6) is 0 Å². The minimum atomic E-state index is 0.313. The maximum absolute atomic E-state index is 5.76. The van der Waals surface area contributed by atoms with E-state index < -0.39 is 0 Å². The molecule has 2 N–H and O–H groups in total. The maximum atomic E-state index is 5.76. The molecule has 0 saturated heterocycles. The van der Waals surface area contributed by atoms with Crippen molar-refractivity contribution in [1.29, 1.82) is 0 Å². The van der Waals surface area contributed by atoms with Gasteiger partial charge in [0.1, 0.15) is 0 Å². The van der Waals surface area contributed by atoms with Gasteiger partial charge < -0.3 is 5.73 Å². The molecule has 1 nitrogen and oxygen atoms in total. The van der Waals surface area contributed by atoms with Crippen LogP contribution < -0.4 is 5.73 Å². The molecule has 10 rings (SSSR count). The topological polar surface area (TPSA) is 26.0 Å². The lowest BCUT2D eigenvalue weighted by Gasteiger charge is -2.24. The fourth-order valence-electron chi connectivity index (χ4n) is 7.85. The molecule has 0 aliphatic heterocycles. The molecule has 2 unspecified atom stereocenters. The highest BCUT2D eigenvalue weighted by atomic mass is 14.5. The summed E-state index contributed by atoms with van der Waals surface area (Å²) in [4.78, 5) is 0. The number of benzene rings is 8. The normalized spacial score (nSPS) is 19.0. The summed E-state index contributed by atoms with van der Waals surface area (Å²) in [7, 11) is 0. The SMILES string of the molecule is C1=CC2\C=C/C(c3cc4ccccc4c4ccccc34)=C\C=C\C2C=C1c1cc2ccccc2c2ccccc12.Nc1cccc2ccccc12. The van der Waals surface area contributed by atoms with E-state index in [4.69, 9.17) is 5.73 Å². The van der Waals surface area contributed by atoms with E-state index in [1.54, 1.807) is 0 Å². The van der Waals surface area contributed by atoms with Crippen LogP contribution in [0.3, 0.4) is 0 Å². The second-order valence-electron chi connectivity index (χ2n) is 13.5. The molecule has 1 heteroatoms. The second kappa shape index (κ2) is 13.1. The summed E-state index contributed by atoms with van der Waals surface area (Å²) in [5, 5.41) is 12.8. The Morgan fingerprint density at radius 2 is 0.843 bits per heavy atom. The molecular formula is C50H37N. The lowest BCUT2D eigenvalue weighted by atomic mass is 9.80. The van der Waals surface area contributed by atoms with Gasteiger partial charge in [-0.3, -0.25) is 0 Å². The Labute approximate surface area is 298 Å². The minimum Gasteiger partial charge on any atom is -0.398 e. The number of anilines is 1. The smallest absolute Gasteiger partial charge is 0.0393 e. The van der Waals surface area contributed by atoms with Crippen molar-refractivity contribution in [2.24, 2.45) is 11.8 Å². The number of nitrogen functional groups attached to an aromatic ring is 1. The molecule has 8 aromatic rings. The first-order valence-electron chi connectivity index (χ1n) is 17.7. The molecule has 0 heterocycles. The standard InChI is InChI=1S/C40H28.C10H9N/c1-3-14-33-30(10-1)25-39(37-18-7-5-16-35(33)37)28-12-9-13-29-24-32(23-21-27(29)20-22-28)40-26-31-11-2-4-15-34(31)36-17-6-8-19-38(36)40;11-10-7-3-5-8-4-1-2-6-9(8)10/h1-27,29H;1-7H,11H2/b13-9+,22-20-,28-12+;. The molecule has 0 amide bonds. The largest absolute Gasteiger partial charge is 0.398 e. The van der Waals surface area contributed by atoms with Crippen molar-refractivity contribution in [3.05, 3.63) is 211 Å². The van der Waals surface area contributed by atoms with E-state index in [1.807, 2.05) is 30.3 Å². The van der Waals surface area contributed by atoms with E-state index >= 15 is 0 Å². The molecule has 2 atom stereocenters. The summed E-state index contributed by atoms with van der Waals surface area (Å²) in [6.45, 7) is 0. The average Bonchev–Trinajstić information content (AvgIpc) is 3.18. The molecule has 2 aliphatic carbocycles. The van der Waals surface area contributed by atoms with Crippen LogP contribution in [0.2, 0.25) is 0 Å². The zero-order valence-electron chi connectivity index (χ0n) is 28.3. The van der Waals surface area contributed by atoms with Gasteiger partial charge in [-0.1, -0.05) is 182 Å². The third kappa shape index (κ3) is 5.73. The number of hydrogen-bond acceptors (Lipinski definition) is 1. The van der Waals surface area contributed by atoms with Gasteiger partial charge in [0, 0.05) is 22.9 Å². The zero-order valence-corrected chi connectivity index (χ0v) is 28.3. The van der Waals surface area contributed by atoms with Crippen LogP contribution in [0.25, 0.3) is 65.0 Å². The molecule has 0 aromatic heterocycles. The number of fused-ring (bicyclic) bond motifs is 8. The molecule has 0 radical (unpaired) electrons. The monoisotopic (exact) mass is 651 g/mol. The van der Waals surface area contributed by atoms with Crippen molar-refractivity contribution in [3.8, 4) is 0 Å². The molecule has 2 aliphatic rings. The Morgan fingerprint density at radius 3 is 1.45 bits per heavy atom. The van der Waals surface area contributed by atoms with Crippen molar-refractivity contribution in [3.63, 3.8) is 0 Å². The van der Waals surface area contributed by atoms with Gasteiger partial charge in [0.2, 0.25) is 0 Å². The van der Waals surface area contributed by atoms with Crippen LogP contribution in [0, 0.1) is 11.8 Å². The lowest BCUT2D eigenvalue weighted by Crippen LogP contribution is -2.10. The molecule has 51 heavy (non-hydrogen) atoms. The first-order chi connectivity index (χ1) is 25.2. The van der Waals surface area contributed by atoms with Gasteiger partial charge in [-0.05, 0) is 88.9 Å². The molecular weight excluding hydrogens is 615 g/mol. The summed E-state index contributed by atoms with van der Waals surface area (Å²) in [5.41, 5.74) is 11.7. The fourth-order valence-corrected chi connectivity index (χ4v) is 7.85. The third-order valence-electron chi connectivity index (χ3n) is 10.4. The van der Waals surface area contributed by atoms with E-state index in [1.165, 1.54) is 70.7 Å². The molecule has 0 fully saturated rings. The minimum absolute atomic E-state index is 0.313. The lowest BCUT2D eigenvalue weighted by molar-refractivity contribution is 0.670. The first-order valence-corrected chi connectivity index (χ1v) is 17.7. The fraction of sp³-hybridized carbons (Fsp3) is 0.0400. The van der Waals surface area contributed by atoms with E-state index in [0.29, 0.717) is 11.8 Å². The van der Waals surface area contributed by atoms with Crippen LogP contribution >= 0.6 is 0 Å². The highest BCUT2D eigenvalue weighted by molar-refractivity contribution is 6.14. The van der Waals surface area contributed by atoms with Gasteiger partial charge in [-0.25, -0.2) is 0 Å². The summed E-state index contributed by atoms with van der Waals surface area (Å²) in [6, 6.07) is 53.8. The summed E-state index contributed by atoms with van der Waals surface area (Å²) < 4.78 is 0. The van der Waals surface area contributed by atoms with Gasteiger partial charge in [0.05, 0.1) is 0 Å². The first kappa shape index (κ1) is 30.6. The van der Waals surface area contributed by atoms with Crippen molar-refractivity contribution >= 4 is 70.7 Å². The number of allylic oxidation sites excluding steroid dienone is 10. The van der Waals surface area contributed by atoms with Gasteiger partial charge in [0.15, 0.2) is 0 Å². The zero-order chi connectivity index (χ0) is 34.1. The molecule has 0 saturated carbocycles. The summed E-state index contributed by atoms with van der Waals surface area (Å²) >= 11 is 0. The second-order valence-corrected chi connectivity index (χ2v) is 13.5. The maximum Gasteiger partial charge on any atom is 0.0393 e. The van der Waals surface area contributed by atoms with Gasteiger partial charge in [-0.2, -0.15) is 0 Å². The predicted octanol–water partition coefficient (Wildman–Crippen LogP) is 13.1. The van der Waals surface area contributed by atoms with Crippen molar-refractivity contribution < 1.29 is 0 Å². The van der Waals surface area contributed by atoms with Crippen LogP contribution in [0.15, 0.2) is 200 Å². The van der Waals surface area contributed by atoms with Crippen molar-refractivity contribution in [2.75, 3.05) is 5.73 Å². The van der Waals surface area contributed by atoms with Crippen LogP contribution in [-0.2, 0) is 0 Å². The van der Waals surface area contributed by atoms with Crippen LogP contribution in [0.4, 0.5) is 5.69 Å². The van der Waals surface area contributed by atoms with Gasteiger partial charge >= 0.3 is 0 Å². The van der Waals surface area contributed by atoms with Crippen molar-refractivity contribution in [1.82, 2.24) is 0 Å². The van der Waals surface area contributed by atoms with E-state index in [0.717, 1.165) is 11.1 Å². The third-order valence-corrected chi connectivity index (χ3v) is 10.4. The van der Waals surface area contributed by atoms with E-state index in [-0.39, 0.29) is 0 Å². The molecule has 242 valence electrons. The van der Waals surface area contributed by atoms with Crippen molar-refractivity contribution in [2.45, 2.75) is 0 Å². The Kier molecular flexibility index (Phi) is 7.87. The van der Waals surface area contributed by atoms with Crippen LogP contribution in [0.1, 0.15) is 11.1 Å². The highest BCUT2D eigenvalue weighted by Crippen LogP contribution is 2.39. The quantitative estimate of drug-likeness (QED) is 0.146. The highest BCUT2D eigenvalue weighted by Gasteiger charge is 2.20. The van der Waals surface area contributed by atoms with E-state index in [2.05, 4.69) is 170 Å². The van der Waals surface area contributed by atoms with Gasteiger partial charge in [0.25, 0.3) is 0 Å². The Hall–Kier alpha value is -6.44. The summed E-state index contributed by atoms with van der Waals surface area (Å²) in [5.74, 6) is 0.634. The molecule has 0 spiro atoms. The Morgan fingerprint density at radius 1 is 0.373 bits per heavy atom.